The second kappa shape index (κ2) is 3.64. The Morgan fingerprint density at radius 1 is 1.62 bits per heavy atom. The lowest BCUT2D eigenvalue weighted by atomic mass is 10.4. The molecule has 0 saturated heterocycles. The third-order valence-electron chi connectivity index (χ3n) is 2.20. The molecule has 0 radical (unpaired) electrons. The van der Waals surface area contributed by atoms with E-state index in [-0.39, 0.29) is 17.4 Å². The number of amides is 1. The number of H-pyrrole nitrogens is 1. The summed E-state index contributed by atoms with van der Waals surface area (Å²) in [7, 11) is 0. The van der Waals surface area contributed by atoms with E-state index in [1.165, 1.54) is 6.07 Å². The number of alkyl halides is 2. The van der Waals surface area contributed by atoms with Gasteiger partial charge in [0.1, 0.15) is 10.0 Å². The number of anilines is 1. The number of aromatic amines is 1. The molecule has 1 aliphatic carbocycles. The minimum atomic E-state index is -1.15. The minimum absolute atomic E-state index is 0.103. The quantitative estimate of drug-likeness (QED) is 0.715. The Morgan fingerprint density at radius 3 is 2.69 bits per heavy atom. The van der Waals surface area contributed by atoms with Crippen LogP contribution in [0, 0.1) is 5.92 Å². The zero-order valence-corrected chi connectivity index (χ0v) is 9.34. The Hall–Kier alpha value is -1.27. The molecule has 1 fully saturated rings. The predicted octanol–water partition coefficient (Wildman–Crippen LogP) is 1.24. The molecule has 2 rings (SSSR count). The highest BCUT2D eigenvalue weighted by molar-refractivity contribution is 6.52. The summed E-state index contributed by atoms with van der Waals surface area (Å²) < 4.78 is -1.00. The summed E-state index contributed by atoms with van der Waals surface area (Å²) in [6.07, 6.45) is 0.387. The zero-order chi connectivity index (χ0) is 11.9. The third-order valence-corrected chi connectivity index (χ3v) is 3.04. The van der Waals surface area contributed by atoms with E-state index >= 15 is 0 Å². The van der Waals surface area contributed by atoms with Crippen molar-refractivity contribution < 1.29 is 14.7 Å². The second-order valence-corrected chi connectivity index (χ2v) is 5.02. The van der Waals surface area contributed by atoms with Gasteiger partial charge in [-0.05, 0) is 6.42 Å². The summed E-state index contributed by atoms with van der Waals surface area (Å²) in [5.74, 6) is -1.85. The molecule has 1 heterocycles. The van der Waals surface area contributed by atoms with Crippen LogP contribution in [0.4, 0.5) is 5.82 Å². The summed E-state index contributed by atoms with van der Waals surface area (Å²) >= 11 is 11.4. The lowest BCUT2D eigenvalue weighted by Crippen LogP contribution is -2.17. The molecule has 1 saturated carbocycles. The Morgan fingerprint density at radius 2 is 2.25 bits per heavy atom. The van der Waals surface area contributed by atoms with Crippen molar-refractivity contribution >= 4 is 40.9 Å². The molecule has 0 aliphatic heterocycles. The SMILES string of the molecule is O=C(O)c1cc(NC(=O)C2CC2(Cl)Cl)n[nH]1. The highest BCUT2D eigenvalue weighted by atomic mass is 35.5. The van der Waals surface area contributed by atoms with Gasteiger partial charge >= 0.3 is 5.97 Å². The number of carbonyl (C=O) groups excluding carboxylic acids is 1. The summed E-state index contributed by atoms with van der Waals surface area (Å²) in [6.45, 7) is 0. The predicted molar refractivity (Wildman–Crippen MR) is 56.7 cm³/mol. The fourth-order valence-electron chi connectivity index (χ4n) is 1.21. The first kappa shape index (κ1) is 11.2. The van der Waals surface area contributed by atoms with Crippen molar-refractivity contribution in [1.29, 1.82) is 0 Å². The van der Waals surface area contributed by atoms with Crippen LogP contribution >= 0.6 is 23.2 Å². The number of nitrogens with zero attached hydrogens (tertiary/aromatic N) is 1. The fraction of sp³-hybridized carbons (Fsp3) is 0.375. The molecule has 1 aliphatic rings. The van der Waals surface area contributed by atoms with Crippen LogP contribution in [-0.4, -0.2) is 31.5 Å². The topological polar surface area (TPSA) is 95.1 Å². The summed E-state index contributed by atoms with van der Waals surface area (Å²) in [6, 6.07) is 1.22. The molecule has 86 valence electrons. The number of rotatable bonds is 3. The maximum Gasteiger partial charge on any atom is 0.353 e. The molecule has 0 bridgehead atoms. The molecule has 6 nitrogen and oxygen atoms in total. The van der Waals surface area contributed by atoms with E-state index in [1.807, 2.05) is 0 Å². The van der Waals surface area contributed by atoms with E-state index < -0.39 is 16.2 Å². The van der Waals surface area contributed by atoms with Gasteiger partial charge < -0.3 is 10.4 Å². The number of carbonyl (C=O) groups is 2. The Kier molecular flexibility index (Phi) is 2.55. The van der Waals surface area contributed by atoms with Crippen LogP contribution in [0.2, 0.25) is 0 Å². The maximum absolute atomic E-state index is 11.5. The summed E-state index contributed by atoms with van der Waals surface area (Å²) in [5, 5.41) is 16.9. The highest BCUT2D eigenvalue weighted by Gasteiger charge is 2.56. The van der Waals surface area contributed by atoms with Gasteiger partial charge in [-0.2, -0.15) is 5.10 Å². The van der Waals surface area contributed by atoms with Crippen molar-refractivity contribution in [1.82, 2.24) is 10.2 Å². The van der Waals surface area contributed by atoms with Crippen LogP contribution in [0.3, 0.4) is 0 Å². The van der Waals surface area contributed by atoms with Crippen molar-refractivity contribution in [3.63, 3.8) is 0 Å². The zero-order valence-electron chi connectivity index (χ0n) is 7.83. The van der Waals surface area contributed by atoms with Gasteiger partial charge in [0.25, 0.3) is 0 Å². The molecule has 1 amide bonds. The minimum Gasteiger partial charge on any atom is -0.477 e. The van der Waals surface area contributed by atoms with Crippen LogP contribution in [0.15, 0.2) is 6.07 Å². The van der Waals surface area contributed by atoms with Gasteiger partial charge in [-0.25, -0.2) is 4.79 Å². The molecule has 1 unspecified atom stereocenters. The fourth-order valence-corrected chi connectivity index (χ4v) is 1.71. The Bertz CT molecular complexity index is 457. The van der Waals surface area contributed by atoms with Crippen LogP contribution in [-0.2, 0) is 4.79 Å². The average molecular weight is 264 g/mol. The first-order chi connectivity index (χ1) is 7.40. The molecule has 1 aromatic heterocycles. The van der Waals surface area contributed by atoms with Crippen molar-refractivity contribution in [3.8, 4) is 0 Å². The van der Waals surface area contributed by atoms with Gasteiger partial charge in [0.05, 0.1) is 5.92 Å². The van der Waals surface area contributed by atoms with Gasteiger partial charge in [0, 0.05) is 6.07 Å². The second-order valence-electron chi connectivity index (χ2n) is 3.48. The lowest BCUT2D eigenvalue weighted by Gasteiger charge is -2.00. The number of nitrogens with one attached hydrogen (secondary N) is 2. The highest BCUT2D eigenvalue weighted by Crippen LogP contribution is 2.53. The van der Waals surface area contributed by atoms with Gasteiger partial charge in [0.2, 0.25) is 5.91 Å². The Labute approximate surface area is 99.9 Å². The molecule has 1 atom stereocenters. The van der Waals surface area contributed by atoms with Crippen molar-refractivity contribution in [2.45, 2.75) is 10.8 Å². The number of aromatic nitrogens is 2. The van der Waals surface area contributed by atoms with Gasteiger partial charge in [0.15, 0.2) is 5.82 Å². The molecular weight excluding hydrogens is 257 g/mol. The number of hydrogen-bond acceptors (Lipinski definition) is 3. The number of carboxylic acid groups (broad SMARTS) is 1. The molecule has 16 heavy (non-hydrogen) atoms. The molecule has 0 spiro atoms. The van der Waals surface area contributed by atoms with E-state index in [2.05, 4.69) is 15.5 Å². The van der Waals surface area contributed by atoms with E-state index in [0.717, 1.165) is 0 Å². The van der Waals surface area contributed by atoms with Crippen molar-refractivity contribution in [3.05, 3.63) is 11.8 Å². The smallest absolute Gasteiger partial charge is 0.353 e. The van der Waals surface area contributed by atoms with E-state index in [9.17, 15) is 9.59 Å². The van der Waals surface area contributed by atoms with E-state index in [1.54, 1.807) is 0 Å². The lowest BCUT2D eigenvalue weighted by molar-refractivity contribution is -0.117. The first-order valence-electron chi connectivity index (χ1n) is 4.37. The standard InChI is InChI=1S/C8H7Cl2N3O3/c9-8(10)2-3(8)6(14)11-5-1-4(7(15)16)12-13-5/h1,3H,2H2,(H,15,16)(H2,11,12,13,14). The van der Waals surface area contributed by atoms with Crippen molar-refractivity contribution in [2.24, 2.45) is 5.92 Å². The van der Waals surface area contributed by atoms with Crippen molar-refractivity contribution in [2.75, 3.05) is 5.32 Å². The van der Waals surface area contributed by atoms with Crippen LogP contribution in [0.1, 0.15) is 16.9 Å². The molecule has 1 aromatic rings. The normalized spacial score (nSPS) is 21.5. The molecule has 3 N–H and O–H groups in total. The first-order valence-corrected chi connectivity index (χ1v) is 5.13. The van der Waals surface area contributed by atoms with E-state index in [4.69, 9.17) is 28.3 Å². The molecule has 8 heteroatoms. The van der Waals surface area contributed by atoms with Gasteiger partial charge in [-0.15, -0.1) is 23.2 Å². The van der Waals surface area contributed by atoms with Crippen LogP contribution in [0.5, 0.6) is 0 Å². The largest absolute Gasteiger partial charge is 0.477 e. The Balaban J connectivity index is 1.99. The number of carboxylic acids is 1. The van der Waals surface area contributed by atoms with Crippen LogP contribution in [0.25, 0.3) is 0 Å². The van der Waals surface area contributed by atoms with Crippen LogP contribution < -0.4 is 5.32 Å². The summed E-state index contributed by atoms with van der Waals surface area (Å²) in [5.41, 5.74) is -0.103. The molecular formula is C8H7Cl2N3O3. The van der Waals surface area contributed by atoms with Gasteiger partial charge in [-0.1, -0.05) is 0 Å². The maximum atomic E-state index is 11.5. The number of aromatic carboxylic acids is 1. The average Bonchev–Trinajstić information content (AvgIpc) is 2.62. The number of hydrogen-bond donors (Lipinski definition) is 3. The molecule has 0 aromatic carbocycles. The van der Waals surface area contributed by atoms with E-state index in [0.29, 0.717) is 6.42 Å². The number of halogens is 2. The third kappa shape index (κ3) is 2.12. The summed E-state index contributed by atoms with van der Waals surface area (Å²) in [4.78, 5) is 22.0. The monoisotopic (exact) mass is 263 g/mol. The van der Waals surface area contributed by atoms with Gasteiger partial charge in [-0.3, -0.25) is 9.89 Å².